The van der Waals surface area contributed by atoms with Crippen molar-refractivity contribution < 1.29 is 5.11 Å². The molecule has 0 bridgehead atoms. The summed E-state index contributed by atoms with van der Waals surface area (Å²) in [7, 11) is 0. The van der Waals surface area contributed by atoms with Gasteiger partial charge in [0.2, 0.25) is 0 Å². The molecule has 0 aromatic heterocycles. The van der Waals surface area contributed by atoms with E-state index in [9.17, 15) is 5.11 Å². The zero-order chi connectivity index (χ0) is 8.36. The van der Waals surface area contributed by atoms with Gasteiger partial charge in [-0.3, -0.25) is 0 Å². The normalized spacial score (nSPS) is 15.9. The van der Waals surface area contributed by atoms with Gasteiger partial charge in [-0.05, 0) is 26.0 Å². The number of thioether (sulfide) groups is 1. The van der Waals surface area contributed by atoms with Gasteiger partial charge in [-0.15, -0.1) is 0 Å². The molecule has 0 heterocycles. The van der Waals surface area contributed by atoms with Crippen LogP contribution in [0, 0.1) is 5.92 Å². The van der Waals surface area contributed by atoms with Gasteiger partial charge in [0.05, 0.1) is 5.60 Å². The molecule has 0 aliphatic carbocycles. The van der Waals surface area contributed by atoms with E-state index in [-0.39, 0.29) is 0 Å². The average Bonchev–Trinajstić information content (AvgIpc) is 1.60. The predicted molar refractivity (Wildman–Crippen MR) is 48.4 cm³/mol. The Balaban J connectivity index is 4.07. The molecule has 0 spiro atoms. The topological polar surface area (TPSA) is 20.2 Å². The Morgan fingerprint density at radius 3 is 1.70 bits per heavy atom. The maximum absolute atomic E-state index is 9.63. The first kappa shape index (κ1) is 10.3. The minimum absolute atomic E-state index is 0.340. The molecule has 0 radical (unpaired) electrons. The van der Waals surface area contributed by atoms with Gasteiger partial charge in [-0.1, -0.05) is 13.8 Å². The third-order valence-electron chi connectivity index (χ3n) is 1.56. The fourth-order valence-corrected chi connectivity index (χ4v) is 2.50. The van der Waals surface area contributed by atoms with Crippen molar-refractivity contribution in [1.29, 1.82) is 0 Å². The van der Waals surface area contributed by atoms with Crippen molar-refractivity contribution >= 4 is 11.8 Å². The van der Waals surface area contributed by atoms with Crippen molar-refractivity contribution in [2.45, 2.75) is 38.5 Å². The number of aliphatic hydroxyl groups is 1. The Labute approximate surface area is 68.2 Å². The van der Waals surface area contributed by atoms with E-state index >= 15 is 0 Å². The molecule has 1 unspecified atom stereocenters. The Kier molecular flexibility index (Phi) is 3.74. The molecular weight excluding hydrogens is 144 g/mol. The summed E-state index contributed by atoms with van der Waals surface area (Å²) in [6.07, 6.45) is 2.04. The fourth-order valence-electron chi connectivity index (χ4n) is 1.38. The summed E-state index contributed by atoms with van der Waals surface area (Å²) >= 11 is 1.73. The summed E-state index contributed by atoms with van der Waals surface area (Å²) in [5.41, 5.74) is -0.548. The summed E-state index contributed by atoms with van der Waals surface area (Å²) in [6.45, 7) is 8.01. The van der Waals surface area contributed by atoms with Crippen LogP contribution < -0.4 is 0 Å². The number of rotatable bonds is 3. The van der Waals surface area contributed by atoms with E-state index in [1.807, 2.05) is 20.1 Å². The van der Waals surface area contributed by atoms with Crippen molar-refractivity contribution in [2.75, 3.05) is 6.26 Å². The molecule has 0 rings (SSSR count). The van der Waals surface area contributed by atoms with Gasteiger partial charge in [0.1, 0.15) is 0 Å². The molecule has 0 aromatic rings. The zero-order valence-electron chi connectivity index (χ0n) is 7.51. The molecule has 0 aromatic carbocycles. The standard InChI is InChI=1S/C8H18OS/c1-6(2)7(10-5)8(3,4)9/h6-7,9H,1-5H3. The zero-order valence-corrected chi connectivity index (χ0v) is 8.33. The van der Waals surface area contributed by atoms with Crippen LogP contribution in [0.2, 0.25) is 0 Å². The Hall–Kier alpha value is 0.310. The van der Waals surface area contributed by atoms with E-state index in [2.05, 4.69) is 13.8 Å². The average molecular weight is 162 g/mol. The highest BCUT2D eigenvalue weighted by Gasteiger charge is 2.28. The third-order valence-corrected chi connectivity index (χ3v) is 3.18. The van der Waals surface area contributed by atoms with Gasteiger partial charge >= 0.3 is 0 Å². The molecule has 0 saturated carbocycles. The second-order valence-electron chi connectivity index (χ2n) is 3.55. The molecule has 0 aliphatic heterocycles. The van der Waals surface area contributed by atoms with E-state index in [1.165, 1.54) is 0 Å². The lowest BCUT2D eigenvalue weighted by Gasteiger charge is -2.30. The highest BCUT2D eigenvalue weighted by molar-refractivity contribution is 7.99. The molecule has 1 atom stereocenters. The monoisotopic (exact) mass is 162 g/mol. The Morgan fingerprint density at radius 1 is 1.30 bits per heavy atom. The summed E-state index contributed by atoms with van der Waals surface area (Å²) < 4.78 is 0. The van der Waals surface area contributed by atoms with Crippen molar-refractivity contribution in [2.24, 2.45) is 5.92 Å². The van der Waals surface area contributed by atoms with Crippen molar-refractivity contribution in [3.05, 3.63) is 0 Å². The van der Waals surface area contributed by atoms with E-state index < -0.39 is 5.60 Å². The lowest BCUT2D eigenvalue weighted by Crippen LogP contribution is -2.36. The van der Waals surface area contributed by atoms with Crippen LogP contribution in [-0.2, 0) is 0 Å². The summed E-state index contributed by atoms with van der Waals surface area (Å²) in [6, 6.07) is 0. The maximum Gasteiger partial charge on any atom is 0.0712 e. The summed E-state index contributed by atoms with van der Waals surface area (Å²) in [5, 5.41) is 9.97. The van der Waals surface area contributed by atoms with E-state index in [0.717, 1.165) is 0 Å². The minimum atomic E-state index is -0.548. The van der Waals surface area contributed by atoms with Gasteiger partial charge in [-0.2, -0.15) is 11.8 Å². The highest BCUT2D eigenvalue weighted by atomic mass is 32.2. The summed E-state index contributed by atoms with van der Waals surface area (Å²) in [4.78, 5) is 0. The first-order chi connectivity index (χ1) is 4.39. The van der Waals surface area contributed by atoms with Crippen LogP contribution >= 0.6 is 11.8 Å². The molecule has 62 valence electrons. The molecular formula is C8H18OS. The van der Waals surface area contributed by atoms with Crippen LogP contribution in [0.4, 0.5) is 0 Å². The first-order valence-electron chi connectivity index (χ1n) is 3.64. The third kappa shape index (κ3) is 2.93. The Bertz CT molecular complexity index is 93.9. The molecule has 10 heavy (non-hydrogen) atoms. The van der Waals surface area contributed by atoms with E-state index in [0.29, 0.717) is 11.2 Å². The summed E-state index contributed by atoms with van der Waals surface area (Å²) in [5.74, 6) is 0.537. The van der Waals surface area contributed by atoms with Gasteiger partial charge in [-0.25, -0.2) is 0 Å². The molecule has 0 aliphatic rings. The van der Waals surface area contributed by atoms with Crippen molar-refractivity contribution in [3.8, 4) is 0 Å². The van der Waals surface area contributed by atoms with E-state index in [4.69, 9.17) is 0 Å². The van der Waals surface area contributed by atoms with Crippen LogP contribution in [0.15, 0.2) is 0 Å². The van der Waals surface area contributed by atoms with Crippen LogP contribution in [0.3, 0.4) is 0 Å². The lowest BCUT2D eigenvalue weighted by molar-refractivity contribution is 0.0652. The Morgan fingerprint density at radius 2 is 1.70 bits per heavy atom. The lowest BCUT2D eigenvalue weighted by atomic mass is 9.96. The molecule has 2 heteroatoms. The molecule has 1 nitrogen and oxygen atoms in total. The van der Waals surface area contributed by atoms with Gasteiger partial charge in [0.15, 0.2) is 0 Å². The quantitative estimate of drug-likeness (QED) is 0.686. The van der Waals surface area contributed by atoms with Crippen LogP contribution in [0.5, 0.6) is 0 Å². The SMILES string of the molecule is CSC(C(C)C)C(C)(C)O. The largest absolute Gasteiger partial charge is 0.389 e. The van der Waals surface area contributed by atoms with Crippen molar-refractivity contribution in [3.63, 3.8) is 0 Å². The molecule has 1 N–H and O–H groups in total. The highest BCUT2D eigenvalue weighted by Crippen LogP contribution is 2.27. The predicted octanol–water partition coefficient (Wildman–Crippen LogP) is 2.14. The smallest absolute Gasteiger partial charge is 0.0712 e. The van der Waals surface area contributed by atoms with E-state index in [1.54, 1.807) is 11.8 Å². The van der Waals surface area contributed by atoms with Gasteiger partial charge < -0.3 is 5.11 Å². The van der Waals surface area contributed by atoms with Gasteiger partial charge in [0.25, 0.3) is 0 Å². The first-order valence-corrected chi connectivity index (χ1v) is 4.93. The maximum atomic E-state index is 9.63. The number of hydrogen-bond acceptors (Lipinski definition) is 2. The second kappa shape index (κ2) is 3.63. The molecule has 0 fully saturated rings. The van der Waals surface area contributed by atoms with Crippen LogP contribution in [-0.4, -0.2) is 22.2 Å². The van der Waals surface area contributed by atoms with Gasteiger partial charge in [0, 0.05) is 5.25 Å². The van der Waals surface area contributed by atoms with Crippen LogP contribution in [0.1, 0.15) is 27.7 Å². The molecule has 0 saturated heterocycles. The molecule has 0 amide bonds. The fraction of sp³-hybridized carbons (Fsp3) is 1.00. The minimum Gasteiger partial charge on any atom is -0.389 e. The second-order valence-corrected chi connectivity index (χ2v) is 4.53. The van der Waals surface area contributed by atoms with Crippen molar-refractivity contribution in [1.82, 2.24) is 0 Å². The number of hydrogen-bond donors (Lipinski definition) is 1. The van der Waals surface area contributed by atoms with Crippen LogP contribution in [0.25, 0.3) is 0 Å².